The topological polar surface area (TPSA) is 32.7 Å². The van der Waals surface area contributed by atoms with Gasteiger partial charge in [0, 0.05) is 18.6 Å². The molecule has 2 atom stereocenters. The third-order valence-electron chi connectivity index (χ3n) is 4.27. The highest BCUT2D eigenvalue weighted by Crippen LogP contribution is 2.39. The van der Waals surface area contributed by atoms with Crippen LogP contribution in [0.1, 0.15) is 36.9 Å². The third kappa shape index (κ3) is 2.02. The van der Waals surface area contributed by atoms with Gasteiger partial charge in [0.1, 0.15) is 5.75 Å². The second-order valence-electron chi connectivity index (χ2n) is 5.41. The number of fused-ring (bicyclic) bond motifs is 1. The molecule has 1 aromatic rings. The highest BCUT2D eigenvalue weighted by molar-refractivity contribution is 5.42. The molecule has 18 heavy (non-hydrogen) atoms. The van der Waals surface area contributed by atoms with Crippen LogP contribution >= 0.6 is 0 Å². The summed E-state index contributed by atoms with van der Waals surface area (Å²) in [6, 6.07) is 6.89. The molecule has 3 nitrogen and oxygen atoms in total. The number of phenols is 1. The minimum absolute atomic E-state index is 0.458. The van der Waals surface area contributed by atoms with E-state index in [1.807, 2.05) is 12.1 Å². The Morgan fingerprint density at radius 3 is 3.11 bits per heavy atom. The highest BCUT2D eigenvalue weighted by atomic mass is 16.5. The van der Waals surface area contributed by atoms with E-state index in [9.17, 15) is 5.11 Å². The normalized spacial score (nSPS) is 28.9. The van der Waals surface area contributed by atoms with E-state index >= 15 is 0 Å². The van der Waals surface area contributed by atoms with Crippen LogP contribution in [-0.2, 0) is 11.2 Å². The molecule has 1 aromatic carbocycles. The molecule has 3 rings (SSSR count). The summed E-state index contributed by atoms with van der Waals surface area (Å²) >= 11 is 0. The Hall–Kier alpha value is -1.06. The molecule has 1 aliphatic heterocycles. The molecule has 0 amide bonds. The number of hydrogen-bond acceptors (Lipinski definition) is 3. The first-order valence-electron chi connectivity index (χ1n) is 6.91. The molecular weight excluding hydrogens is 226 g/mol. The molecule has 1 heterocycles. The Morgan fingerprint density at radius 1 is 1.39 bits per heavy atom. The fourth-order valence-electron chi connectivity index (χ4n) is 3.35. The molecule has 1 fully saturated rings. The molecular formula is C15H21NO2. The maximum Gasteiger partial charge on any atom is 0.119 e. The number of ether oxygens (including phenoxy) is 1. The van der Waals surface area contributed by atoms with Gasteiger partial charge >= 0.3 is 0 Å². The van der Waals surface area contributed by atoms with Crippen LogP contribution in [0, 0.1) is 0 Å². The predicted octanol–water partition coefficient (Wildman–Crippen LogP) is 2.49. The summed E-state index contributed by atoms with van der Waals surface area (Å²) in [6.45, 7) is 4.89. The fraction of sp³-hybridized carbons (Fsp3) is 0.600. The van der Waals surface area contributed by atoms with Gasteiger partial charge in [0.25, 0.3) is 0 Å². The number of aromatic hydroxyl groups is 1. The van der Waals surface area contributed by atoms with Crippen molar-refractivity contribution < 1.29 is 9.84 Å². The number of rotatable bonds is 1. The molecule has 0 saturated carbocycles. The zero-order valence-electron chi connectivity index (χ0n) is 10.9. The van der Waals surface area contributed by atoms with Gasteiger partial charge in [-0.1, -0.05) is 12.1 Å². The standard InChI is InChI=1S/C15H21NO2/c1-11-10-18-9-8-16(11)14-6-2-5-13-12(14)4-3-7-15(13)17/h3-4,7,11,14,17H,2,5-6,8-10H2,1H3. The van der Waals surface area contributed by atoms with Crippen LogP contribution in [0.3, 0.4) is 0 Å². The van der Waals surface area contributed by atoms with Gasteiger partial charge in [0.05, 0.1) is 13.2 Å². The van der Waals surface area contributed by atoms with Crippen molar-refractivity contribution in [2.75, 3.05) is 19.8 Å². The van der Waals surface area contributed by atoms with Gasteiger partial charge < -0.3 is 9.84 Å². The van der Waals surface area contributed by atoms with Crippen LogP contribution in [0.25, 0.3) is 0 Å². The molecule has 1 N–H and O–H groups in total. The Morgan fingerprint density at radius 2 is 2.28 bits per heavy atom. The molecule has 2 unspecified atom stereocenters. The van der Waals surface area contributed by atoms with E-state index in [4.69, 9.17) is 4.74 Å². The highest BCUT2D eigenvalue weighted by Gasteiger charge is 2.31. The maximum absolute atomic E-state index is 10.00. The summed E-state index contributed by atoms with van der Waals surface area (Å²) in [5.41, 5.74) is 2.49. The molecule has 0 bridgehead atoms. The number of phenolic OH excluding ortho intramolecular Hbond substituents is 1. The first-order chi connectivity index (χ1) is 8.77. The number of hydrogen-bond donors (Lipinski definition) is 1. The summed E-state index contributed by atoms with van der Waals surface area (Å²) in [4.78, 5) is 2.54. The summed E-state index contributed by atoms with van der Waals surface area (Å²) < 4.78 is 5.52. The summed E-state index contributed by atoms with van der Waals surface area (Å²) in [5.74, 6) is 0.470. The third-order valence-corrected chi connectivity index (χ3v) is 4.27. The van der Waals surface area contributed by atoms with Crippen molar-refractivity contribution in [1.29, 1.82) is 0 Å². The molecule has 2 aliphatic rings. The lowest BCUT2D eigenvalue weighted by Crippen LogP contribution is -2.46. The number of nitrogens with zero attached hydrogens (tertiary/aromatic N) is 1. The van der Waals surface area contributed by atoms with Crippen molar-refractivity contribution in [3.8, 4) is 5.75 Å². The summed E-state index contributed by atoms with van der Waals surface area (Å²) in [7, 11) is 0. The van der Waals surface area contributed by atoms with E-state index in [0.717, 1.165) is 31.7 Å². The number of benzene rings is 1. The number of morpholine rings is 1. The van der Waals surface area contributed by atoms with Crippen molar-refractivity contribution in [3.05, 3.63) is 29.3 Å². The van der Waals surface area contributed by atoms with Gasteiger partial charge in [-0.2, -0.15) is 0 Å². The second-order valence-corrected chi connectivity index (χ2v) is 5.41. The SMILES string of the molecule is CC1COCCN1C1CCCc2c(O)cccc21. The Kier molecular flexibility index (Phi) is 3.27. The average molecular weight is 247 g/mol. The Labute approximate surface area is 108 Å². The van der Waals surface area contributed by atoms with Crippen molar-refractivity contribution in [1.82, 2.24) is 4.90 Å². The van der Waals surface area contributed by atoms with Crippen LogP contribution in [0.4, 0.5) is 0 Å². The zero-order valence-corrected chi connectivity index (χ0v) is 10.9. The monoisotopic (exact) mass is 247 g/mol. The van der Waals surface area contributed by atoms with Crippen molar-refractivity contribution in [3.63, 3.8) is 0 Å². The molecule has 1 saturated heterocycles. The predicted molar refractivity (Wildman–Crippen MR) is 70.8 cm³/mol. The van der Waals surface area contributed by atoms with Crippen molar-refractivity contribution in [2.45, 2.75) is 38.3 Å². The first-order valence-corrected chi connectivity index (χ1v) is 6.91. The molecule has 3 heteroatoms. The lowest BCUT2D eigenvalue weighted by Gasteiger charge is -2.42. The molecule has 0 radical (unpaired) electrons. The van der Waals surface area contributed by atoms with Gasteiger partial charge in [-0.3, -0.25) is 4.90 Å². The smallest absolute Gasteiger partial charge is 0.119 e. The van der Waals surface area contributed by atoms with E-state index in [2.05, 4.69) is 17.9 Å². The van der Waals surface area contributed by atoms with Gasteiger partial charge in [0.2, 0.25) is 0 Å². The first kappa shape index (κ1) is 12.0. The van der Waals surface area contributed by atoms with Crippen molar-refractivity contribution in [2.24, 2.45) is 0 Å². The zero-order chi connectivity index (χ0) is 12.5. The molecule has 0 aromatic heterocycles. The Bertz CT molecular complexity index is 433. The van der Waals surface area contributed by atoms with Crippen LogP contribution in [-0.4, -0.2) is 35.8 Å². The van der Waals surface area contributed by atoms with E-state index in [1.165, 1.54) is 18.4 Å². The van der Waals surface area contributed by atoms with E-state index < -0.39 is 0 Å². The van der Waals surface area contributed by atoms with Gasteiger partial charge in [-0.05, 0) is 43.4 Å². The van der Waals surface area contributed by atoms with E-state index in [1.54, 1.807) is 0 Å². The van der Waals surface area contributed by atoms with Crippen LogP contribution in [0.2, 0.25) is 0 Å². The van der Waals surface area contributed by atoms with Gasteiger partial charge in [-0.25, -0.2) is 0 Å². The second kappa shape index (κ2) is 4.90. The van der Waals surface area contributed by atoms with Crippen LogP contribution in [0.15, 0.2) is 18.2 Å². The lowest BCUT2D eigenvalue weighted by molar-refractivity contribution is -0.0261. The fourth-order valence-corrected chi connectivity index (χ4v) is 3.35. The van der Waals surface area contributed by atoms with E-state index in [-0.39, 0.29) is 0 Å². The minimum Gasteiger partial charge on any atom is -0.508 e. The van der Waals surface area contributed by atoms with Crippen LogP contribution in [0.5, 0.6) is 5.75 Å². The maximum atomic E-state index is 10.00. The average Bonchev–Trinajstić information content (AvgIpc) is 2.40. The largest absolute Gasteiger partial charge is 0.508 e. The van der Waals surface area contributed by atoms with E-state index in [0.29, 0.717) is 17.8 Å². The van der Waals surface area contributed by atoms with Gasteiger partial charge in [-0.15, -0.1) is 0 Å². The summed E-state index contributed by atoms with van der Waals surface area (Å²) in [5, 5.41) is 10.00. The molecule has 98 valence electrons. The van der Waals surface area contributed by atoms with Crippen LogP contribution < -0.4 is 0 Å². The Balaban J connectivity index is 1.93. The van der Waals surface area contributed by atoms with Crippen molar-refractivity contribution >= 4 is 0 Å². The van der Waals surface area contributed by atoms with Gasteiger partial charge in [0.15, 0.2) is 0 Å². The molecule has 1 aliphatic carbocycles. The summed E-state index contributed by atoms with van der Waals surface area (Å²) in [6.07, 6.45) is 3.37. The molecule has 0 spiro atoms. The minimum atomic E-state index is 0.458. The quantitative estimate of drug-likeness (QED) is 0.827. The lowest BCUT2D eigenvalue weighted by atomic mass is 9.85.